The van der Waals surface area contributed by atoms with Gasteiger partial charge in [0.25, 0.3) is 0 Å². The lowest BCUT2D eigenvalue weighted by Crippen LogP contribution is -2.42. The summed E-state index contributed by atoms with van der Waals surface area (Å²) in [4.78, 5) is 21.3. The van der Waals surface area contributed by atoms with Gasteiger partial charge in [0.1, 0.15) is 5.69 Å². The Morgan fingerprint density at radius 1 is 1.37 bits per heavy atom. The van der Waals surface area contributed by atoms with E-state index in [1.165, 1.54) is 0 Å². The molecule has 2 fully saturated rings. The molecule has 2 saturated heterocycles. The van der Waals surface area contributed by atoms with Gasteiger partial charge in [-0.25, -0.2) is 0 Å². The Morgan fingerprint density at radius 2 is 2.19 bits per heavy atom. The maximum atomic E-state index is 13.1. The third-order valence-electron chi connectivity index (χ3n) is 5.95. The van der Waals surface area contributed by atoms with E-state index in [0.29, 0.717) is 23.4 Å². The normalized spacial score (nSPS) is 22.2. The molecule has 2 aliphatic heterocycles. The van der Waals surface area contributed by atoms with Crippen molar-refractivity contribution >= 4 is 5.91 Å². The van der Waals surface area contributed by atoms with Crippen molar-refractivity contribution in [3.05, 3.63) is 36.2 Å². The molecule has 4 rings (SSSR count). The fraction of sp³-hybridized carbons (Fsp3) is 0.550. The number of hydrogen-bond acceptors (Lipinski definition) is 6. The predicted molar refractivity (Wildman–Crippen MR) is 102 cm³/mol. The summed E-state index contributed by atoms with van der Waals surface area (Å²) in [6.45, 7) is 3.53. The van der Waals surface area contributed by atoms with Gasteiger partial charge in [0.15, 0.2) is 5.76 Å². The van der Waals surface area contributed by atoms with Gasteiger partial charge in [0, 0.05) is 25.9 Å². The van der Waals surface area contributed by atoms with Crippen LogP contribution in [0.25, 0.3) is 11.4 Å². The molecule has 4 heterocycles. The molecule has 0 aliphatic carbocycles. The molecule has 7 nitrogen and oxygen atoms in total. The highest BCUT2D eigenvalue weighted by molar-refractivity contribution is 5.82. The highest BCUT2D eigenvalue weighted by Crippen LogP contribution is 2.41. The lowest BCUT2D eigenvalue weighted by molar-refractivity contribution is -0.135. The van der Waals surface area contributed by atoms with Gasteiger partial charge in [0.2, 0.25) is 5.91 Å². The minimum Gasteiger partial charge on any atom is -0.359 e. The maximum absolute atomic E-state index is 13.1. The molecule has 27 heavy (non-hydrogen) atoms. The summed E-state index contributed by atoms with van der Waals surface area (Å²) >= 11 is 0. The molecule has 1 spiro atoms. The molecule has 2 aromatic rings. The fourth-order valence-electron chi connectivity index (χ4n) is 4.45. The van der Waals surface area contributed by atoms with Crippen LogP contribution in [0.4, 0.5) is 0 Å². The maximum Gasteiger partial charge on any atom is 0.240 e. The van der Waals surface area contributed by atoms with Crippen molar-refractivity contribution in [3.8, 4) is 11.4 Å². The van der Waals surface area contributed by atoms with Crippen LogP contribution in [-0.2, 0) is 11.3 Å². The number of carbonyl (C=O) groups is 1. The van der Waals surface area contributed by atoms with E-state index in [1.54, 1.807) is 11.1 Å². The Bertz CT molecular complexity index is 785. The number of nitrogens with zero attached hydrogens (tertiary/aromatic N) is 4. The van der Waals surface area contributed by atoms with Crippen molar-refractivity contribution in [2.45, 2.75) is 31.8 Å². The molecule has 2 aliphatic rings. The number of rotatable bonds is 4. The molecule has 0 bridgehead atoms. The summed E-state index contributed by atoms with van der Waals surface area (Å²) in [6, 6.07) is 7.48. The Morgan fingerprint density at radius 3 is 2.93 bits per heavy atom. The van der Waals surface area contributed by atoms with E-state index in [4.69, 9.17) is 4.52 Å². The summed E-state index contributed by atoms with van der Waals surface area (Å²) in [5, 5.41) is 7.51. The third kappa shape index (κ3) is 3.75. The quantitative estimate of drug-likeness (QED) is 0.885. The van der Waals surface area contributed by atoms with Crippen LogP contribution in [-0.4, -0.2) is 65.6 Å². The minimum atomic E-state index is -0.0497. The lowest BCUT2D eigenvalue weighted by Gasteiger charge is -2.33. The van der Waals surface area contributed by atoms with E-state index in [0.717, 1.165) is 44.6 Å². The molecule has 2 aromatic heterocycles. The fourth-order valence-corrected chi connectivity index (χ4v) is 4.45. The van der Waals surface area contributed by atoms with Gasteiger partial charge < -0.3 is 14.7 Å². The van der Waals surface area contributed by atoms with Gasteiger partial charge in [0.05, 0.1) is 18.3 Å². The first-order chi connectivity index (χ1) is 13.1. The molecule has 1 N–H and O–H groups in total. The van der Waals surface area contributed by atoms with Crippen LogP contribution in [0.3, 0.4) is 0 Å². The average Bonchev–Trinajstić information content (AvgIpc) is 3.27. The predicted octanol–water partition coefficient (Wildman–Crippen LogP) is 1.77. The average molecular weight is 369 g/mol. The number of amides is 1. The molecule has 144 valence electrons. The van der Waals surface area contributed by atoms with Gasteiger partial charge in [-0.1, -0.05) is 11.2 Å². The number of nitrogens with one attached hydrogen (secondary N) is 1. The van der Waals surface area contributed by atoms with Gasteiger partial charge >= 0.3 is 0 Å². The van der Waals surface area contributed by atoms with Gasteiger partial charge in [-0.3, -0.25) is 14.7 Å². The highest BCUT2D eigenvalue weighted by Gasteiger charge is 2.46. The van der Waals surface area contributed by atoms with Gasteiger partial charge in [-0.05, 0) is 56.9 Å². The summed E-state index contributed by atoms with van der Waals surface area (Å²) in [5.41, 5.74) is 1.75. The first-order valence-corrected chi connectivity index (χ1v) is 9.59. The molecule has 0 radical (unpaired) electrons. The zero-order valence-electron chi connectivity index (χ0n) is 16.0. The SMILES string of the molecule is CN(Cc1cc(-c2ccccn2)no1)C(=O)[C@H]1CC2(CCNCC2)CN1C. The number of likely N-dealkylation sites (N-methyl/N-ethyl adjacent to an activating group) is 2. The molecule has 0 unspecified atom stereocenters. The molecule has 0 saturated carbocycles. The number of likely N-dealkylation sites (tertiary alicyclic amines) is 1. The van der Waals surface area contributed by atoms with E-state index in [9.17, 15) is 4.79 Å². The smallest absolute Gasteiger partial charge is 0.240 e. The van der Waals surface area contributed by atoms with Crippen molar-refractivity contribution < 1.29 is 9.32 Å². The van der Waals surface area contributed by atoms with E-state index < -0.39 is 0 Å². The minimum absolute atomic E-state index is 0.0497. The van der Waals surface area contributed by atoms with Crippen LogP contribution in [0.2, 0.25) is 0 Å². The zero-order valence-corrected chi connectivity index (χ0v) is 16.0. The van der Waals surface area contributed by atoms with Crippen LogP contribution in [0.5, 0.6) is 0 Å². The highest BCUT2D eigenvalue weighted by atomic mass is 16.5. The molecule has 7 heteroatoms. The van der Waals surface area contributed by atoms with E-state index in [2.05, 4.69) is 27.4 Å². The van der Waals surface area contributed by atoms with E-state index in [-0.39, 0.29) is 11.9 Å². The number of carbonyl (C=O) groups excluding carboxylic acids is 1. The Hall–Kier alpha value is -2.25. The summed E-state index contributed by atoms with van der Waals surface area (Å²) < 4.78 is 5.43. The van der Waals surface area contributed by atoms with Crippen molar-refractivity contribution in [2.75, 3.05) is 33.7 Å². The number of hydrogen-bond donors (Lipinski definition) is 1. The first kappa shape index (κ1) is 18.1. The molecular formula is C20H27N5O2. The Labute approximate surface area is 159 Å². The van der Waals surface area contributed by atoms with Crippen LogP contribution in [0.1, 0.15) is 25.0 Å². The molecule has 0 aromatic carbocycles. The summed E-state index contributed by atoms with van der Waals surface area (Å²) in [6.07, 6.45) is 4.98. The number of pyridine rings is 1. The third-order valence-corrected chi connectivity index (χ3v) is 5.95. The largest absolute Gasteiger partial charge is 0.359 e. The summed E-state index contributed by atoms with van der Waals surface area (Å²) in [5.74, 6) is 0.826. The van der Waals surface area contributed by atoms with Crippen LogP contribution in [0, 0.1) is 5.41 Å². The Balaban J connectivity index is 1.40. The second kappa shape index (κ2) is 7.40. The second-order valence-electron chi connectivity index (χ2n) is 7.97. The zero-order chi connectivity index (χ0) is 18.9. The van der Waals surface area contributed by atoms with E-state index in [1.807, 2.05) is 31.3 Å². The number of aromatic nitrogens is 2. The van der Waals surface area contributed by atoms with E-state index >= 15 is 0 Å². The monoisotopic (exact) mass is 369 g/mol. The number of piperidine rings is 1. The van der Waals surface area contributed by atoms with Crippen molar-refractivity contribution in [1.82, 2.24) is 25.3 Å². The standard InChI is InChI=1S/C20H27N5O2/c1-24(13-15-11-17(23-27-15)16-5-3-4-8-22-16)19(26)18-12-20(14-25(18)2)6-9-21-10-7-20/h3-5,8,11,18,21H,6-7,9-10,12-14H2,1-2H3/t18-/m1/s1. The van der Waals surface area contributed by atoms with Crippen molar-refractivity contribution in [1.29, 1.82) is 0 Å². The summed E-state index contributed by atoms with van der Waals surface area (Å²) in [7, 11) is 3.91. The molecule has 1 amide bonds. The van der Waals surface area contributed by atoms with Gasteiger partial charge in [-0.2, -0.15) is 0 Å². The van der Waals surface area contributed by atoms with Gasteiger partial charge in [-0.15, -0.1) is 0 Å². The van der Waals surface area contributed by atoms with Crippen LogP contribution < -0.4 is 5.32 Å². The Kier molecular flexibility index (Phi) is 4.97. The second-order valence-corrected chi connectivity index (χ2v) is 7.97. The topological polar surface area (TPSA) is 74.5 Å². The first-order valence-electron chi connectivity index (χ1n) is 9.59. The van der Waals surface area contributed by atoms with Crippen molar-refractivity contribution in [2.24, 2.45) is 5.41 Å². The van der Waals surface area contributed by atoms with Crippen LogP contribution >= 0.6 is 0 Å². The lowest BCUT2D eigenvalue weighted by atomic mass is 9.77. The van der Waals surface area contributed by atoms with Crippen molar-refractivity contribution in [3.63, 3.8) is 0 Å². The molecule has 1 atom stereocenters. The molecular weight excluding hydrogens is 342 g/mol. The van der Waals surface area contributed by atoms with Crippen LogP contribution in [0.15, 0.2) is 35.0 Å².